The summed E-state index contributed by atoms with van der Waals surface area (Å²) in [7, 11) is 0. The molecule has 0 aliphatic heterocycles. The van der Waals surface area contributed by atoms with Gasteiger partial charge in [0.2, 0.25) is 5.91 Å². The molecule has 18 heavy (non-hydrogen) atoms. The fourth-order valence-corrected chi connectivity index (χ4v) is 2.64. The predicted octanol–water partition coefficient (Wildman–Crippen LogP) is 1.23. The molecular weight excluding hydrogens is 250 g/mol. The molecule has 0 aromatic carbocycles. The van der Waals surface area contributed by atoms with E-state index in [1.54, 1.807) is 11.8 Å². The third-order valence-electron chi connectivity index (χ3n) is 3.57. The molecule has 1 aliphatic rings. The molecule has 1 fully saturated rings. The molecule has 0 saturated heterocycles. The molecule has 2 N–H and O–H groups in total. The number of carbonyl (C=O) groups excluding carboxylic acids is 1. The minimum Gasteiger partial charge on any atom is -0.342 e. The molecule has 1 atom stereocenters. The Kier molecular flexibility index (Phi) is 4.21. The molecule has 1 saturated carbocycles. The minimum atomic E-state index is -0.424. The number of tetrazole rings is 1. The number of aromatic nitrogens is 4. The van der Waals surface area contributed by atoms with Crippen molar-refractivity contribution in [2.45, 2.75) is 49.8 Å². The van der Waals surface area contributed by atoms with E-state index in [1.807, 2.05) is 13.2 Å². The lowest BCUT2D eigenvalue weighted by atomic mass is 9.81. The van der Waals surface area contributed by atoms with Gasteiger partial charge in [0.1, 0.15) is 5.54 Å². The highest BCUT2D eigenvalue weighted by Crippen LogP contribution is 2.35. The van der Waals surface area contributed by atoms with Crippen molar-refractivity contribution in [2.24, 2.45) is 0 Å². The molecule has 7 heteroatoms. The molecular formula is C11H19N5OS. The van der Waals surface area contributed by atoms with Crippen LogP contribution in [0.1, 0.15) is 44.9 Å². The number of aromatic amines is 1. The maximum Gasteiger partial charge on any atom is 0.233 e. The Bertz CT molecular complexity index is 388. The van der Waals surface area contributed by atoms with Crippen LogP contribution < -0.4 is 5.32 Å². The summed E-state index contributed by atoms with van der Waals surface area (Å²) in [6.45, 7) is 1.91. The number of H-pyrrole nitrogens is 1. The van der Waals surface area contributed by atoms with Crippen LogP contribution in [0.2, 0.25) is 0 Å². The van der Waals surface area contributed by atoms with Gasteiger partial charge in [-0.05, 0) is 26.0 Å². The van der Waals surface area contributed by atoms with E-state index < -0.39 is 5.54 Å². The number of rotatable bonds is 4. The van der Waals surface area contributed by atoms with Gasteiger partial charge in [0, 0.05) is 0 Å². The standard InChI is InChI=1S/C11H19N5OS/c1-8(18-2)9(17)12-11(6-4-3-5-7-11)10-13-15-16-14-10/h8H,3-7H2,1-2H3,(H,12,17)(H,13,14,15,16). The van der Waals surface area contributed by atoms with E-state index in [0.717, 1.165) is 25.7 Å². The molecule has 100 valence electrons. The highest BCUT2D eigenvalue weighted by atomic mass is 32.2. The Morgan fingerprint density at radius 3 is 2.72 bits per heavy atom. The summed E-state index contributed by atoms with van der Waals surface area (Å²) in [5, 5.41) is 17.3. The van der Waals surface area contributed by atoms with Crippen molar-refractivity contribution in [2.75, 3.05) is 6.26 Å². The molecule has 1 aliphatic carbocycles. The van der Waals surface area contributed by atoms with Gasteiger partial charge in [-0.1, -0.05) is 24.5 Å². The van der Waals surface area contributed by atoms with Crippen LogP contribution in [0.3, 0.4) is 0 Å². The molecule has 1 aromatic heterocycles. The summed E-state index contributed by atoms with van der Waals surface area (Å²) in [5.74, 6) is 0.665. The van der Waals surface area contributed by atoms with Crippen LogP contribution in [0.15, 0.2) is 0 Å². The van der Waals surface area contributed by atoms with E-state index in [2.05, 4.69) is 25.9 Å². The monoisotopic (exact) mass is 269 g/mol. The van der Waals surface area contributed by atoms with E-state index in [0.29, 0.717) is 5.82 Å². The Hall–Kier alpha value is -1.11. The van der Waals surface area contributed by atoms with Crippen LogP contribution >= 0.6 is 11.8 Å². The van der Waals surface area contributed by atoms with Crippen LogP contribution in [0.25, 0.3) is 0 Å². The largest absolute Gasteiger partial charge is 0.342 e. The van der Waals surface area contributed by atoms with Crippen molar-refractivity contribution >= 4 is 17.7 Å². The second kappa shape index (κ2) is 5.69. The third kappa shape index (κ3) is 2.66. The van der Waals surface area contributed by atoms with Gasteiger partial charge in [0.05, 0.1) is 5.25 Å². The topological polar surface area (TPSA) is 83.6 Å². The Balaban J connectivity index is 2.18. The predicted molar refractivity (Wildman–Crippen MR) is 70.1 cm³/mol. The van der Waals surface area contributed by atoms with E-state index in [-0.39, 0.29) is 11.2 Å². The molecule has 1 amide bonds. The van der Waals surface area contributed by atoms with Crippen LogP contribution in [-0.2, 0) is 10.3 Å². The van der Waals surface area contributed by atoms with Crippen molar-refractivity contribution in [1.82, 2.24) is 25.9 Å². The SMILES string of the molecule is CSC(C)C(=O)NC1(c2nn[nH]n2)CCCCC1. The summed E-state index contributed by atoms with van der Waals surface area (Å²) in [6, 6.07) is 0. The number of amides is 1. The molecule has 0 spiro atoms. The van der Waals surface area contributed by atoms with Gasteiger partial charge in [0.15, 0.2) is 5.82 Å². The van der Waals surface area contributed by atoms with Gasteiger partial charge in [-0.25, -0.2) is 0 Å². The summed E-state index contributed by atoms with van der Waals surface area (Å²) in [5.41, 5.74) is -0.424. The van der Waals surface area contributed by atoms with E-state index in [4.69, 9.17) is 0 Å². The summed E-state index contributed by atoms with van der Waals surface area (Å²) in [6.07, 6.45) is 7.09. The number of thioether (sulfide) groups is 1. The van der Waals surface area contributed by atoms with Gasteiger partial charge < -0.3 is 5.32 Å². The molecule has 1 unspecified atom stereocenters. The van der Waals surface area contributed by atoms with Gasteiger partial charge in [-0.3, -0.25) is 4.79 Å². The smallest absolute Gasteiger partial charge is 0.233 e. The molecule has 0 radical (unpaired) electrons. The lowest BCUT2D eigenvalue weighted by molar-refractivity contribution is -0.123. The molecule has 1 aromatic rings. The fraction of sp³-hybridized carbons (Fsp3) is 0.818. The molecule has 1 heterocycles. The van der Waals surface area contributed by atoms with E-state index >= 15 is 0 Å². The summed E-state index contributed by atoms with van der Waals surface area (Å²) >= 11 is 1.54. The average Bonchev–Trinajstić information content (AvgIpc) is 2.93. The summed E-state index contributed by atoms with van der Waals surface area (Å²) in [4.78, 5) is 12.1. The van der Waals surface area contributed by atoms with Crippen LogP contribution in [0, 0.1) is 0 Å². The second-order valence-electron chi connectivity index (χ2n) is 4.75. The number of nitrogens with zero attached hydrogens (tertiary/aromatic N) is 3. The lowest BCUT2D eigenvalue weighted by Gasteiger charge is -2.35. The van der Waals surface area contributed by atoms with Crippen LogP contribution in [0.4, 0.5) is 0 Å². The van der Waals surface area contributed by atoms with E-state index in [9.17, 15) is 4.79 Å². The molecule has 0 bridgehead atoms. The number of hydrogen-bond donors (Lipinski definition) is 2. The quantitative estimate of drug-likeness (QED) is 0.859. The third-order valence-corrected chi connectivity index (χ3v) is 4.49. The maximum atomic E-state index is 12.1. The molecule has 6 nitrogen and oxygen atoms in total. The van der Waals surface area contributed by atoms with Gasteiger partial charge in [-0.15, -0.1) is 10.2 Å². The Morgan fingerprint density at radius 1 is 1.44 bits per heavy atom. The van der Waals surface area contributed by atoms with Crippen LogP contribution in [-0.4, -0.2) is 38.0 Å². The number of nitrogens with one attached hydrogen (secondary N) is 2. The Labute approximate surface area is 111 Å². The van der Waals surface area contributed by atoms with Crippen molar-refractivity contribution in [3.8, 4) is 0 Å². The first-order valence-corrected chi connectivity index (χ1v) is 7.55. The first-order chi connectivity index (χ1) is 8.68. The normalized spacial score (nSPS) is 20.3. The highest BCUT2D eigenvalue weighted by Gasteiger charge is 2.39. The zero-order valence-corrected chi connectivity index (χ0v) is 11.6. The van der Waals surface area contributed by atoms with Crippen molar-refractivity contribution in [1.29, 1.82) is 0 Å². The van der Waals surface area contributed by atoms with Crippen molar-refractivity contribution < 1.29 is 4.79 Å². The second-order valence-corrected chi connectivity index (χ2v) is 5.92. The van der Waals surface area contributed by atoms with Gasteiger partial charge in [0.25, 0.3) is 0 Å². The Morgan fingerprint density at radius 2 is 2.17 bits per heavy atom. The van der Waals surface area contributed by atoms with Crippen molar-refractivity contribution in [3.63, 3.8) is 0 Å². The zero-order valence-electron chi connectivity index (χ0n) is 10.8. The average molecular weight is 269 g/mol. The van der Waals surface area contributed by atoms with Crippen molar-refractivity contribution in [3.05, 3.63) is 5.82 Å². The summed E-state index contributed by atoms with van der Waals surface area (Å²) < 4.78 is 0. The first kappa shape index (κ1) is 13.3. The van der Waals surface area contributed by atoms with Crippen LogP contribution in [0.5, 0.6) is 0 Å². The van der Waals surface area contributed by atoms with E-state index in [1.165, 1.54) is 6.42 Å². The number of carbonyl (C=O) groups is 1. The fourth-order valence-electron chi connectivity index (χ4n) is 2.37. The number of hydrogen-bond acceptors (Lipinski definition) is 5. The highest BCUT2D eigenvalue weighted by molar-refractivity contribution is 7.99. The maximum absolute atomic E-state index is 12.1. The van der Waals surface area contributed by atoms with Gasteiger partial charge in [-0.2, -0.15) is 17.0 Å². The van der Waals surface area contributed by atoms with Gasteiger partial charge >= 0.3 is 0 Å². The zero-order chi connectivity index (χ0) is 13.0. The first-order valence-electron chi connectivity index (χ1n) is 6.27. The minimum absolute atomic E-state index is 0.0502. The molecule has 2 rings (SSSR count). The lowest BCUT2D eigenvalue weighted by Crippen LogP contribution is -2.50.